The van der Waals surface area contributed by atoms with Crippen LogP contribution >= 0.6 is 11.8 Å². The number of rotatable bonds is 6. The van der Waals surface area contributed by atoms with Crippen LogP contribution in [0.15, 0.2) is 0 Å². The summed E-state index contributed by atoms with van der Waals surface area (Å²) in [6.07, 6.45) is 6.30. The number of methoxy groups -OCH3 is 1. The number of thioether (sulfide) groups is 1. The first-order chi connectivity index (χ1) is 10.3. The lowest BCUT2D eigenvalue weighted by Crippen LogP contribution is -2.52. The molecule has 3 fully saturated rings. The Kier molecular flexibility index (Phi) is 5.85. The number of nitrogens with one attached hydrogen (secondary N) is 1. The van der Waals surface area contributed by atoms with Crippen molar-refractivity contribution in [1.29, 1.82) is 0 Å². The number of nitrogens with zero attached hydrogens (tertiary/aromatic N) is 1. The maximum absolute atomic E-state index is 6.19. The molecule has 3 saturated heterocycles. The molecule has 3 rings (SSSR count). The Bertz CT molecular complexity index is 317. The van der Waals surface area contributed by atoms with Crippen LogP contribution in [-0.2, 0) is 9.47 Å². The van der Waals surface area contributed by atoms with Gasteiger partial charge in [-0.15, -0.1) is 0 Å². The zero-order chi connectivity index (χ0) is 14.5. The number of hydrogen-bond acceptors (Lipinski definition) is 5. The molecule has 0 aliphatic carbocycles. The van der Waals surface area contributed by atoms with E-state index in [9.17, 15) is 0 Å². The predicted octanol–water partition coefficient (Wildman–Crippen LogP) is 1.74. The van der Waals surface area contributed by atoms with Gasteiger partial charge in [0.15, 0.2) is 0 Å². The summed E-state index contributed by atoms with van der Waals surface area (Å²) in [6.45, 7) is 5.20. The van der Waals surface area contributed by atoms with Gasteiger partial charge in [0.05, 0.1) is 12.2 Å². The number of hydrogen-bond donors (Lipinski definition) is 1. The molecule has 0 saturated carbocycles. The van der Waals surface area contributed by atoms with Crippen LogP contribution in [0.25, 0.3) is 0 Å². The lowest BCUT2D eigenvalue weighted by atomic mass is 9.88. The van der Waals surface area contributed by atoms with Gasteiger partial charge in [0.2, 0.25) is 0 Å². The van der Waals surface area contributed by atoms with Crippen molar-refractivity contribution in [2.24, 2.45) is 0 Å². The maximum atomic E-state index is 6.19. The van der Waals surface area contributed by atoms with E-state index in [1.54, 1.807) is 0 Å². The second-order valence-electron chi connectivity index (χ2n) is 6.76. The zero-order valence-corrected chi connectivity index (χ0v) is 14.1. The minimum atomic E-state index is 0.183. The second kappa shape index (κ2) is 7.64. The van der Waals surface area contributed by atoms with Crippen molar-refractivity contribution in [1.82, 2.24) is 10.2 Å². The molecule has 3 aliphatic rings. The summed E-state index contributed by atoms with van der Waals surface area (Å²) >= 11 is 2.06. The van der Waals surface area contributed by atoms with E-state index in [4.69, 9.17) is 9.47 Å². The molecule has 3 atom stereocenters. The van der Waals surface area contributed by atoms with Crippen LogP contribution in [0.2, 0.25) is 0 Å². The van der Waals surface area contributed by atoms with E-state index in [0.717, 1.165) is 19.8 Å². The van der Waals surface area contributed by atoms with Gasteiger partial charge in [-0.1, -0.05) is 0 Å². The largest absolute Gasteiger partial charge is 0.383 e. The van der Waals surface area contributed by atoms with Gasteiger partial charge in [-0.3, -0.25) is 4.90 Å². The van der Waals surface area contributed by atoms with Crippen LogP contribution in [0, 0.1) is 0 Å². The van der Waals surface area contributed by atoms with Crippen molar-refractivity contribution in [2.45, 2.75) is 49.8 Å². The van der Waals surface area contributed by atoms with Crippen LogP contribution in [-0.4, -0.2) is 74.0 Å². The molecule has 0 aromatic heterocycles. The lowest BCUT2D eigenvalue weighted by molar-refractivity contribution is -0.0919. The molecule has 3 heterocycles. The minimum Gasteiger partial charge on any atom is -0.383 e. The molecule has 0 bridgehead atoms. The zero-order valence-electron chi connectivity index (χ0n) is 13.3. The Labute approximate surface area is 133 Å². The summed E-state index contributed by atoms with van der Waals surface area (Å²) in [4.78, 5) is 2.68. The molecule has 3 aliphatic heterocycles. The normalized spacial score (nSPS) is 36.9. The van der Waals surface area contributed by atoms with E-state index >= 15 is 0 Å². The number of ether oxygens (including phenoxy) is 2. The van der Waals surface area contributed by atoms with Crippen molar-refractivity contribution in [3.05, 3.63) is 0 Å². The molecule has 1 spiro atoms. The summed E-state index contributed by atoms with van der Waals surface area (Å²) in [5.41, 5.74) is 0.183. The van der Waals surface area contributed by atoms with Crippen LogP contribution in [0.3, 0.4) is 0 Å². The molecule has 0 radical (unpaired) electrons. The lowest BCUT2D eigenvalue weighted by Gasteiger charge is -2.43. The Hall–Kier alpha value is 0.190. The molecule has 0 aromatic rings. The highest BCUT2D eigenvalue weighted by molar-refractivity contribution is 7.99. The third-order valence-corrected chi connectivity index (χ3v) is 6.47. The van der Waals surface area contributed by atoms with Gasteiger partial charge in [0.25, 0.3) is 0 Å². The Morgan fingerprint density at radius 1 is 1.43 bits per heavy atom. The third-order valence-electron chi connectivity index (χ3n) is 5.25. The topological polar surface area (TPSA) is 33.7 Å². The highest BCUT2D eigenvalue weighted by Gasteiger charge is 2.42. The standard InChI is InChI=1S/C16H30N2O2S/c1-19-9-7-18(12-14-3-2-6-17-14)15-4-8-20-16(11-15)5-10-21-13-16/h14-15,17H,2-13H2,1H3. The molecule has 1 N–H and O–H groups in total. The quantitative estimate of drug-likeness (QED) is 0.808. The Balaban J connectivity index is 1.60. The second-order valence-corrected chi connectivity index (χ2v) is 7.87. The van der Waals surface area contributed by atoms with Gasteiger partial charge in [0.1, 0.15) is 0 Å². The van der Waals surface area contributed by atoms with E-state index in [2.05, 4.69) is 22.0 Å². The van der Waals surface area contributed by atoms with Crippen molar-refractivity contribution in [2.75, 3.05) is 51.5 Å². The van der Waals surface area contributed by atoms with Gasteiger partial charge in [-0.2, -0.15) is 11.8 Å². The fraction of sp³-hybridized carbons (Fsp3) is 1.00. The molecule has 0 aromatic carbocycles. The van der Waals surface area contributed by atoms with E-state index in [-0.39, 0.29) is 5.60 Å². The molecular weight excluding hydrogens is 284 g/mol. The van der Waals surface area contributed by atoms with Gasteiger partial charge in [-0.05, 0) is 44.4 Å². The minimum absolute atomic E-state index is 0.183. The fourth-order valence-electron chi connectivity index (χ4n) is 4.00. The highest BCUT2D eigenvalue weighted by Crippen LogP contribution is 2.39. The van der Waals surface area contributed by atoms with Crippen molar-refractivity contribution >= 4 is 11.8 Å². The van der Waals surface area contributed by atoms with E-state index in [0.29, 0.717) is 12.1 Å². The van der Waals surface area contributed by atoms with Crippen molar-refractivity contribution in [3.8, 4) is 0 Å². The highest BCUT2D eigenvalue weighted by atomic mass is 32.2. The monoisotopic (exact) mass is 314 g/mol. The van der Waals surface area contributed by atoms with Gasteiger partial charge in [0, 0.05) is 44.6 Å². The van der Waals surface area contributed by atoms with Crippen LogP contribution in [0.4, 0.5) is 0 Å². The first-order valence-corrected chi connectivity index (χ1v) is 9.65. The summed E-state index contributed by atoms with van der Waals surface area (Å²) in [7, 11) is 1.81. The maximum Gasteiger partial charge on any atom is 0.0795 e. The van der Waals surface area contributed by atoms with E-state index < -0.39 is 0 Å². The van der Waals surface area contributed by atoms with Crippen LogP contribution in [0.5, 0.6) is 0 Å². The third kappa shape index (κ3) is 4.14. The summed E-state index contributed by atoms with van der Waals surface area (Å²) in [5.74, 6) is 2.47. The van der Waals surface area contributed by atoms with Gasteiger partial charge in [-0.25, -0.2) is 0 Å². The first kappa shape index (κ1) is 16.1. The van der Waals surface area contributed by atoms with Crippen LogP contribution in [0.1, 0.15) is 32.1 Å². The average molecular weight is 314 g/mol. The molecule has 21 heavy (non-hydrogen) atoms. The smallest absolute Gasteiger partial charge is 0.0795 e. The van der Waals surface area contributed by atoms with Crippen molar-refractivity contribution in [3.63, 3.8) is 0 Å². The summed E-state index contributed by atoms with van der Waals surface area (Å²) in [6, 6.07) is 1.36. The van der Waals surface area contributed by atoms with Crippen LogP contribution < -0.4 is 5.32 Å². The molecule has 0 amide bonds. The SMILES string of the molecule is COCCN(CC1CCCN1)C1CCOC2(CCSC2)C1. The molecular formula is C16H30N2O2S. The van der Waals surface area contributed by atoms with Gasteiger partial charge >= 0.3 is 0 Å². The van der Waals surface area contributed by atoms with Crippen molar-refractivity contribution < 1.29 is 9.47 Å². The molecule has 5 heteroatoms. The average Bonchev–Trinajstić information content (AvgIpc) is 3.16. The predicted molar refractivity (Wildman–Crippen MR) is 88.1 cm³/mol. The van der Waals surface area contributed by atoms with Gasteiger partial charge < -0.3 is 14.8 Å². The van der Waals surface area contributed by atoms with E-state index in [1.165, 1.54) is 56.7 Å². The first-order valence-electron chi connectivity index (χ1n) is 8.49. The molecule has 3 unspecified atom stereocenters. The molecule has 122 valence electrons. The fourth-order valence-corrected chi connectivity index (χ4v) is 5.38. The summed E-state index contributed by atoms with van der Waals surface area (Å²) in [5, 5.41) is 3.65. The van der Waals surface area contributed by atoms with E-state index in [1.807, 2.05) is 7.11 Å². The Morgan fingerprint density at radius 2 is 2.38 bits per heavy atom. The molecule has 4 nitrogen and oxygen atoms in total. The Morgan fingerprint density at radius 3 is 3.10 bits per heavy atom. The summed E-state index contributed by atoms with van der Waals surface area (Å²) < 4.78 is 11.5.